The molecule has 1 unspecified atom stereocenters. The number of hydrogen-bond donors (Lipinski definition) is 0. The Bertz CT molecular complexity index is 431. The van der Waals surface area contributed by atoms with Crippen molar-refractivity contribution in [2.24, 2.45) is 0 Å². The highest BCUT2D eigenvalue weighted by Gasteiger charge is 2.18. The Labute approximate surface area is 117 Å². The third-order valence-corrected chi connectivity index (χ3v) is 4.85. The van der Waals surface area contributed by atoms with Gasteiger partial charge < -0.3 is 0 Å². The predicted octanol–water partition coefficient (Wildman–Crippen LogP) is 4.17. The van der Waals surface area contributed by atoms with E-state index in [9.17, 15) is 10.1 Å². The highest BCUT2D eigenvalue weighted by atomic mass is 79.9. The van der Waals surface area contributed by atoms with Gasteiger partial charge in [-0.3, -0.25) is 10.1 Å². The number of pyridine rings is 1. The maximum absolute atomic E-state index is 10.7. The Morgan fingerprint density at radius 2 is 2.35 bits per heavy atom. The fourth-order valence-electron chi connectivity index (χ4n) is 1.22. The third-order valence-electron chi connectivity index (χ3n) is 2.23. The summed E-state index contributed by atoms with van der Waals surface area (Å²) in [5, 5.41) is 11.8. The minimum Gasteiger partial charge on any atom is -0.258 e. The first-order valence-electron chi connectivity index (χ1n) is 4.99. The van der Waals surface area contributed by atoms with Crippen LogP contribution in [0.2, 0.25) is 0 Å². The van der Waals surface area contributed by atoms with Crippen LogP contribution < -0.4 is 0 Å². The molecule has 17 heavy (non-hydrogen) atoms. The zero-order chi connectivity index (χ0) is 13.0. The molecule has 0 saturated heterocycles. The molecule has 0 amide bonds. The van der Waals surface area contributed by atoms with Crippen molar-refractivity contribution in [1.82, 2.24) is 4.98 Å². The predicted molar refractivity (Wildman–Crippen MR) is 74.0 cm³/mol. The Morgan fingerprint density at radius 1 is 1.71 bits per heavy atom. The summed E-state index contributed by atoms with van der Waals surface area (Å²) in [6.45, 7) is 3.76. The molecule has 0 aliphatic rings. The second-order valence-corrected chi connectivity index (χ2v) is 6.15. The van der Waals surface area contributed by atoms with Gasteiger partial charge in [-0.25, -0.2) is 4.98 Å². The van der Waals surface area contributed by atoms with Crippen LogP contribution in [-0.4, -0.2) is 21.0 Å². The summed E-state index contributed by atoms with van der Waals surface area (Å²) in [6, 6.07) is 0. The number of alkyl halides is 1. The highest BCUT2D eigenvalue weighted by molar-refractivity contribution is 9.10. The van der Waals surface area contributed by atoms with Gasteiger partial charge in [-0.05, 0) is 29.3 Å². The Hall–Kier alpha value is -0.330. The first-order chi connectivity index (χ1) is 7.97. The van der Waals surface area contributed by atoms with Gasteiger partial charge >= 0.3 is 0 Å². The van der Waals surface area contributed by atoms with Crippen molar-refractivity contribution in [3.05, 3.63) is 26.3 Å². The van der Waals surface area contributed by atoms with Crippen molar-refractivity contribution in [3.63, 3.8) is 0 Å². The molecule has 7 heteroatoms. The fraction of sp³-hybridized carbons (Fsp3) is 0.500. The second kappa shape index (κ2) is 6.56. The van der Waals surface area contributed by atoms with Crippen LogP contribution in [0.25, 0.3) is 0 Å². The summed E-state index contributed by atoms with van der Waals surface area (Å²) >= 11 is 10.6. The van der Waals surface area contributed by atoms with E-state index in [-0.39, 0.29) is 5.69 Å². The van der Waals surface area contributed by atoms with E-state index in [4.69, 9.17) is 11.6 Å². The maximum atomic E-state index is 10.7. The first-order valence-corrected chi connectivity index (χ1v) is 7.20. The van der Waals surface area contributed by atoms with Crippen LogP contribution in [0.1, 0.15) is 18.9 Å². The lowest BCUT2D eigenvalue weighted by Gasteiger charge is -2.11. The summed E-state index contributed by atoms with van der Waals surface area (Å²) in [5.74, 6) is 0.595. The zero-order valence-corrected chi connectivity index (χ0v) is 12.6. The molecule has 0 bridgehead atoms. The van der Waals surface area contributed by atoms with Gasteiger partial charge in [-0.2, -0.15) is 0 Å². The molecule has 0 saturated carbocycles. The van der Waals surface area contributed by atoms with Crippen LogP contribution in [0, 0.1) is 17.0 Å². The quantitative estimate of drug-likeness (QED) is 0.350. The van der Waals surface area contributed by atoms with Crippen LogP contribution in [0.5, 0.6) is 0 Å². The van der Waals surface area contributed by atoms with Gasteiger partial charge in [0.2, 0.25) is 0 Å². The number of thioether (sulfide) groups is 1. The van der Waals surface area contributed by atoms with Gasteiger partial charge in [-0.1, -0.05) is 6.92 Å². The van der Waals surface area contributed by atoms with E-state index in [1.165, 1.54) is 6.20 Å². The van der Waals surface area contributed by atoms with E-state index >= 15 is 0 Å². The fourth-order valence-corrected chi connectivity index (χ4v) is 3.25. The van der Waals surface area contributed by atoms with Gasteiger partial charge in [0.25, 0.3) is 5.69 Å². The molecule has 0 aliphatic heterocycles. The van der Waals surface area contributed by atoms with E-state index in [0.717, 1.165) is 11.4 Å². The lowest BCUT2D eigenvalue weighted by atomic mass is 10.2. The van der Waals surface area contributed by atoms with E-state index in [1.807, 2.05) is 0 Å². The molecule has 0 aromatic carbocycles. The van der Waals surface area contributed by atoms with E-state index < -0.39 is 4.92 Å². The summed E-state index contributed by atoms with van der Waals surface area (Å²) in [7, 11) is 0. The number of hydrogen-bond acceptors (Lipinski definition) is 4. The second-order valence-electron chi connectivity index (χ2n) is 3.55. The molecule has 0 fully saturated rings. The summed E-state index contributed by atoms with van der Waals surface area (Å²) in [6.07, 6.45) is 2.17. The minimum absolute atomic E-state index is 0.0335. The van der Waals surface area contributed by atoms with E-state index in [2.05, 4.69) is 27.8 Å². The van der Waals surface area contributed by atoms with Gasteiger partial charge in [0.1, 0.15) is 11.2 Å². The topological polar surface area (TPSA) is 56.0 Å². The molecule has 0 N–H and O–H groups in total. The molecule has 1 aromatic rings. The molecule has 0 spiro atoms. The average Bonchev–Trinajstić information content (AvgIpc) is 2.25. The molecule has 94 valence electrons. The minimum atomic E-state index is -0.427. The molecule has 4 nitrogen and oxygen atoms in total. The van der Waals surface area contributed by atoms with Crippen LogP contribution in [0.3, 0.4) is 0 Å². The van der Waals surface area contributed by atoms with Crippen LogP contribution in [0.15, 0.2) is 15.7 Å². The first kappa shape index (κ1) is 14.7. The van der Waals surface area contributed by atoms with Gasteiger partial charge in [-0.15, -0.1) is 23.4 Å². The van der Waals surface area contributed by atoms with Crippen molar-refractivity contribution in [1.29, 1.82) is 0 Å². The zero-order valence-electron chi connectivity index (χ0n) is 9.44. The molecule has 0 aliphatic carbocycles. The molecule has 1 aromatic heterocycles. The largest absolute Gasteiger partial charge is 0.291 e. The Balaban J connectivity index is 2.96. The van der Waals surface area contributed by atoms with Crippen molar-refractivity contribution in [3.8, 4) is 0 Å². The Morgan fingerprint density at radius 3 is 2.88 bits per heavy atom. The molecular weight excluding hydrogens is 328 g/mol. The molecule has 0 radical (unpaired) electrons. The van der Waals surface area contributed by atoms with Crippen molar-refractivity contribution in [2.75, 3.05) is 5.88 Å². The number of aromatic nitrogens is 1. The Kier molecular flexibility index (Phi) is 5.69. The summed E-state index contributed by atoms with van der Waals surface area (Å²) < 4.78 is 0.693. The van der Waals surface area contributed by atoms with Crippen LogP contribution in [-0.2, 0) is 0 Å². The molecule has 1 atom stereocenters. The van der Waals surface area contributed by atoms with Crippen LogP contribution >= 0.6 is 39.3 Å². The SMILES string of the molecule is Cc1c([N+](=O)[O-])cnc(SC(C)CCCl)c1Br. The average molecular weight is 340 g/mol. The summed E-state index contributed by atoms with van der Waals surface area (Å²) in [4.78, 5) is 14.4. The third kappa shape index (κ3) is 3.82. The lowest BCUT2D eigenvalue weighted by molar-refractivity contribution is -0.385. The molecule has 1 rings (SSSR count). The molecule has 1 heterocycles. The molecular formula is C10H12BrClN2O2S. The van der Waals surface area contributed by atoms with Crippen molar-refractivity contribution in [2.45, 2.75) is 30.5 Å². The van der Waals surface area contributed by atoms with E-state index in [1.54, 1.807) is 18.7 Å². The number of nitro groups is 1. The number of nitrogens with zero attached hydrogens (tertiary/aromatic N) is 2. The van der Waals surface area contributed by atoms with E-state index in [0.29, 0.717) is 21.2 Å². The lowest BCUT2D eigenvalue weighted by Crippen LogP contribution is -2.00. The number of rotatable bonds is 5. The van der Waals surface area contributed by atoms with Gasteiger partial charge in [0.05, 0.1) is 9.40 Å². The standard InChI is InChI=1S/C10H12BrClN2O2S/c1-6(3-4-12)17-10-9(11)7(2)8(5-13-10)14(15)16/h5-6H,3-4H2,1-2H3. The summed E-state index contributed by atoms with van der Waals surface area (Å²) in [5.41, 5.74) is 0.636. The highest BCUT2D eigenvalue weighted by Crippen LogP contribution is 2.35. The van der Waals surface area contributed by atoms with Crippen LogP contribution in [0.4, 0.5) is 5.69 Å². The van der Waals surface area contributed by atoms with Gasteiger partial charge in [0.15, 0.2) is 0 Å². The normalized spacial score (nSPS) is 12.5. The monoisotopic (exact) mass is 338 g/mol. The van der Waals surface area contributed by atoms with Crippen molar-refractivity contribution >= 4 is 45.0 Å². The van der Waals surface area contributed by atoms with Crippen molar-refractivity contribution < 1.29 is 4.92 Å². The maximum Gasteiger partial charge on any atom is 0.291 e. The number of halogens is 2. The smallest absolute Gasteiger partial charge is 0.258 e. The van der Waals surface area contributed by atoms with Gasteiger partial charge in [0, 0.05) is 16.7 Å².